The fraction of sp³-hybridized carbons (Fsp3) is 0.238. The molecular weight excluding hydrogens is 468 g/mol. The van der Waals surface area contributed by atoms with Crippen LogP contribution in [0.3, 0.4) is 0 Å². The molecule has 0 unspecified atom stereocenters. The third kappa shape index (κ3) is 6.54. The molecule has 0 atom stereocenters. The van der Waals surface area contributed by atoms with E-state index in [0.29, 0.717) is 21.5 Å². The first-order chi connectivity index (χ1) is 14.8. The fourth-order valence-corrected chi connectivity index (χ4v) is 3.18. The van der Waals surface area contributed by atoms with Crippen LogP contribution in [0, 0.1) is 13.8 Å². The van der Waals surface area contributed by atoms with Gasteiger partial charge in [-0.1, -0.05) is 18.2 Å². The van der Waals surface area contributed by atoms with Gasteiger partial charge in [0.05, 0.1) is 17.8 Å². The number of hydrazone groups is 1. The number of para-hydroxylation sites is 1. The van der Waals surface area contributed by atoms with Crippen molar-refractivity contribution in [1.29, 1.82) is 0 Å². The van der Waals surface area contributed by atoms with Gasteiger partial charge in [-0.25, -0.2) is 5.43 Å². The Balaban J connectivity index is 2.07. The summed E-state index contributed by atoms with van der Waals surface area (Å²) in [7, 11) is 2.80. The quantitative estimate of drug-likeness (QED) is 0.312. The molecular formula is C21H23BrN4O5. The summed E-state index contributed by atoms with van der Waals surface area (Å²) in [5.74, 6) is -1.31. The first-order valence-electron chi connectivity index (χ1n) is 9.18. The van der Waals surface area contributed by atoms with Crippen LogP contribution < -0.4 is 25.5 Å². The molecule has 0 aromatic heterocycles. The molecule has 0 radical (unpaired) electrons. The molecule has 10 heteroatoms. The average molecular weight is 491 g/mol. The van der Waals surface area contributed by atoms with Gasteiger partial charge in [-0.15, -0.1) is 0 Å². The van der Waals surface area contributed by atoms with Crippen molar-refractivity contribution in [3.63, 3.8) is 0 Å². The van der Waals surface area contributed by atoms with Crippen molar-refractivity contribution < 1.29 is 23.9 Å². The van der Waals surface area contributed by atoms with Crippen molar-refractivity contribution in [2.24, 2.45) is 5.10 Å². The molecule has 2 aromatic carbocycles. The lowest BCUT2D eigenvalue weighted by molar-refractivity contribution is -0.138. The molecule has 0 fully saturated rings. The molecule has 0 heterocycles. The summed E-state index contributed by atoms with van der Waals surface area (Å²) in [4.78, 5) is 34.9. The Hall–Kier alpha value is -3.40. The second-order valence-corrected chi connectivity index (χ2v) is 7.27. The van der Waals surface area contributed by atoms with Crippen molar-refractivity contribution in [1.82, 2.24) is 10.7 Å². The maximum atomic E-state index is 12.4. The second-order valence-electron chi connectivity index (χ2n) is 6.42. The van der Waals surface area contributed by atoms with E-state index in [1.165, 1.54) is 20.4 Å². The van der Waals surface area contributed by atoms with Crippen molar-refractivity contribution in [3.8, 4) is 11.5 Å². The molecule has 0 bridgehead atoms. The number of rotatable bonds is 7. The Kier molecular flexibility index (Phi) is 8.56. The van der Waals surface area contributed by atoms with Gasteiger partial charge >= 0.3 is 11.8 Å². The van der Waals surface area contributed by atoms with Gasteiger partial charge in [0.1, 0.15) is 0 Å². The molecule has 3 amide bonds. The summed E-state index contributed by atoms with van der Waals surface area (Å²) in [5, 5.41) is 8.77. The van der Waals surface area contributed by atoms with Crippen LogP contribution in [0.25, 0.3) is 0 Å². The van der Waals surface area contributed by atoms with Gasteiger partial charge in [-0.2, -0.15) is 5.10 Å². The molecule has 9 nitrogen and oxygen atoms in total. The smallest absolute Gasteiger partial charge is 0.329 e. The Morgan fingerprint density at radius 1 is 1.13 bits per heavy atom. The van der Waals surface area contributed by atoms with E-state index >= 15 is 0 Å². The number of hydrogen-bond acceptors (Lipinski definition) is 6. The molecule has 0 aliphatic rings. The predicted molar refractivity (Wildman–Crippen MR) is 121 cm³/mol. The van der Waals surface area contributed by atoms with Gasteiger partial charge in [-0.05, 0) is 58.6 Å². The highest BCUT2D eigenvalue weighted by atomic mass is 79.9. The Bertz CT molecular complexity index is 1000. The number of methoxy groups -OCH3 is 1. The third-order valence-electron chi connectivity index (χ3n) is 4.16. The van der Waals surface area contributed by atoms with Crippen molar-refractivity contribution in [2.45, 2.75) is 13.8 Å². The Morgan fingerprint density at radius 2 is 1.81 bits per heavy atom. The lowest BCUT2D eigenvalue weighted by Gasteiger charge is -2.15. The number of halogens is 1. The number of carbonyl (C=O) groups excluding carboxylic acids is 3. The van der Waals surface area contributed by atoms with E-state index in [4.69, 9.17) is 9.47 Å². The maximum Gasteiger partial charge on any atom is 0.329 e. The molecule has 0 spiro atoms. The van der Waals surface area contributed by atoms with Crippen LogP contribution in [-0.4, -0.2) is 44.7 Å². The number of likely N-dealkylation sites (N-methyl/N-ethyl adjacent to an activating group) is 1. The van der Waals surface area contributed by atoms with Crippen molar-refractivity contribution >= 4 is 45.6 Å². The average Bonchev–Trinajstić information content (AvgIpc) is 2.74. The van der Waals surface area contributed by atoms with Crippen molar-refractivity contribution in [3.05, 3.63) is 51.5 Å². The zero-order valence-electron chi connectivity index (χ0n) is 17.5. The summed E-state index contributed by atoms with van der Waals surface area (Å²) >= 11 is 3.38. The highest BCUT2D eigenvalue weighted by Crippen LogP contribution is 2.36. The zero-order chi connectivity index (χ0) is 23.0. The number of nitrogens with zero attached hydrogens (tertiary/aromatic N) is 1. The monoisotopic (exact) mass is 490 g/mol. The molecule has 3 N–H and O–H groups in total. The number of nitrogens with one attached hydrogen (secondary N) is 3. The Labute approximate surface area is 188 Å². The van der Waals surface area contributed by atoms with E-state index in [-0.39, 0.29) is 12.5 Å². The fourth-order valence-electron chi connectivity index (χ4n) is 2.61. The van der Waals surface area contributed by atoms with Gasteiger partial charge in [-0.3, -0.25) is 14.4 Å². The minimum absolute atomic E-state index is 0.224. The van der Waals surface area contributed by atoms with Crippen LogP contribution in [0.2, 0.25) is 0 Å². The number of ether oxygens (including phenoxy) is 2. The van der Waals surface area contributed by atoms with Gasteiger partial charge in [0.25, 0.3) is 5.91 Å². The van der Waals surface area contributed by atoms with Crippen molar-refractivity contribution in [2.75, 3.05) is 26.1 Å². The van der Waals surface area contributed by atoms with Crippen LogP contribution >= 0.6 is 15.9 Å². The van der Waals surface area contributed by atoms with Gasteiger partial charge in [0.15, 0.2) is 18.1 Å². The van der Waals surface area contributed by atoms with E-state index in [2.05, 4.69) is 37.1 Å². The third-order valence-corrected chi connectivity index (χ3v) is 4.75. The van der Waals surface area contributed by atoms with E-state index < -0.39 is 11.8 Å². The summed E-state index contributed by atoms with van der Waals surface area (Å²) in [6.45, 7) is 3.61. The van der Waals surface area contributed by atoms with Gasteiger partial charge < -0.3 is 20.1 Å². The number of aryl methyl sites for hydroxylation is 2. The zero-order valence-corrected chi connectivity index (χ0v) is 19.1. The topological polar surface area (TPSA) is 118 Å². The molecule has 0 aliphatic carbocycles. The van der Waals surface area contributed by atoms with Crippen LogP contribution in [0.1, 0.15) is 16.7 Å². The molecule has 2 aromatic rings. The van der Waals surface area contributed by atoms with Gasteiger partial charge in [0, 0.05) is 12.7 Å². The van der Waals surface area contributed by atoms with Crippen LogP contribution in [0.5, 0.6) is 11.5 Å². The number of amides is 3. The maximum absolute atomic E-state index is 12.4. The van der Waals surface area contributed by atoms with E-state index in [0.717, 1.165) is 16.8 Å². The van der Waals surface area contributed by atoms with E-state index in [1.807, 2.05) is 32.0 Å². The number of carbonyl (C=O) groups is 3. The number of anilines is 1. The second kappa shape index (κ2) is 11.1. The van der Waals surface area contributed by atoms with E-state index in [1.54, 1.807) is 12.1 Å². The summed E-state index contributed by atoms with van der Waals surface area (Å²) in [6, 6.07) is 9.03. The molecule has 31 heavy (non-hydrogen) atoms. The standard InChI is InChI=1S/C21H23BrN4O5/c1-12-6-5-7-13(2)18(12)25-17(27)11-31-19-15(22)8-14(9-16(19)30-4)10-24-26-21(29)20(28)23-3/h5-10H,11H2,1-4H3,(H,23,28)(H,25,27)(H,26,29)/b24-10-. The Morgan fingerprint density at radius 3 is 2.42 bits per heavy atom. The highest BCUT2D eigenvalue weighted by Gasteiger charge is 2.15. The summed E-state index contributed by atoms with van der Waals surface area (Å²) in [6.07, 6.45) is 1.34. The molecule has 0 aliphatic heterocycles. The van der Waals surface area contributed by atoms with Crippen LogP contribution in [0.4, 0.5) is 5.69 Å². The summed E-state index contributed by atoms with van der Waals surface area (Å²) < 4.78 is 11.5. The van der Waals surface area contributed by atoms with Crippen LogP contribution in [0.15, 0.2) is 39.9 Å². The predicted octanol–water partition coefficient (Wildman–Crippen LogP) is 2.29. The van der Waals surface area contributed by atoms with Crippen LogP contribution in [-0.2, 0) is 14.4 Å². The lowest BCUT2D eigenvalue weighted by atomic mass is 10.1. The SMILES string of the molecule is CNC(=O)C(=O)N/N=C\c1cc(Br)c(OCC(=O)Nc2c(C)cccc2C)c(OC)c1. The number of benzene rings is 2. The molecule has 2 rings (SSSR count). The molecule has 0 saturated heterocycles. The minimum Gasteiger partial charge on any atom is -0.493 e. The minimum atomic E-state index is -0.889. The highest BCUT2D eigenvalue weighted by molar-refractivity contribution is 9.10. The van der Waals surface area contributed by atoms with E-state index in [9.17, 15) is 14.4 Å². The largest absolute Gasteiger partial charge is 0.493 e. The normalized spacial score (nSPS) is 10.5. The lowest BCUT2D eigenvalue weighted by Crippen LogP contribution is -2.35. The van der Waals surface area contributed by atoms with Gasteiger partial charge in [0.2, 0.25) is 0 Å². The molecule has 0 saturated carbocycles. The summed E-state index contributed by atoms with van der Waals surface area (Å²) in [5.41, 5.74) is 5.34. The first kappa shape index (κ1) is 23.9. The first-order valence-corrected chi connectivity index (χ1v) is 9.97. The number of hydrogen-bond donors (Lipinski definition) is 3. The molecule has 164 valence electrons.